The maximum absolute atomic E-state index is 12.0. The van der Waals surface area contributed by atoms with Gasteiger partial charge in [0.15, 0.2) is 6.61 Å². The molecule has 1 N–H and O–H groups in total. The van der Waals surface area contributed by atoms with Gasteiger partial charge in [0.1, 0.15) is 11.5 Å². The Bertz CT molecular complexity index is 785. The molecule has 0 bridgehead atoms. The summed E-state index contributed by atoms with van der Waals surface area (Å²) < 4.78 is 11.3. The van der Waals surface area contributed by atoms with Crippen LogP contribution in [-0.4, -0.2) is 25.3 Å². The summed E-state index contributed by atoms with van der Waals surface area (Å²) in [5.41, 5.74) is 5.48. The topological polar surface area (TPSA) is 59.9 Å². The van der Waals surface area contributed by atoms with E-state index in [1.807, 2.05) is 43.3 Å². The molecule has 0 aromatic heterocycles. The van der Waals surface area contributed by atoms with Crippen molar-refractivity contribution >= 4 is 12.1 Å². The summed E-state index contributed by atoms with van der Waals surface area (Å²) in [6.07, 6.45) is 2.50. The molecule has 1 amide bonds. The number of benzene rings is 2. The summed E-state index contributed by atoms with van der Waals surface area (Å²) in [6, 6.07) is 13.6. The van der Waals surface area contributed by atoms with E-state index in [2.05, 4.69) is 37.4 Å². The van der Waals surface area contributed by atoms with E-state index in [4.69, 9.17) is 9.47 Å². The maximum Gasteiger partial charge on any atom is 0.277 e. The smallest absolute Gasteiger partial charge is 0.277 e. The fraction of sp³-hybridized carbons (Fsp3) is 0.364. The van der Waals surface area contributed by atoms with Gasteiger partial charge in [-0.05, 0) is 48.6 Å². The Balaban J connectivity index is 1.90. The number of hydrazone groups is 1. The monoisotopic (exact) mass is 368 g/mol. The van der Waals surface area contributed by atoms with E-state index in [0.717, 1.165) is 29.0 Å². The van der Waals surface area contributed by atoms with Crippen molar-refractivity contribution in [3.8, 4) is 11.5 Å². The maximum atomic E-state index is 12.0. The molecular formula is C22H28N2O3. The Labute approximate surface area is 161 Å². The highest BCUT2D eigenvalue weighted by Gasteiger charge is 2.07. The van der Waals surface area contributed by atoms with Crippen molar-refractivity contribution < 1.29 is 14.3 Å². The first kappa shape index (κ1) is 20.5. The highest BCUT2D eigenvalue weighted by atomic mass is 16.5. The van der Waals surface area contributed by atoms with Gasteiger partial charge in [0.25, 0.3) is 5.91 Å². The van der Waals surface area contributed by atoms with Gasteiger partial charge in [-0.15, -0.1) is 0 Å². The standard InChI is InChI=1S/C22H28N2O3/c1-5-12-26-20-9-7-6-8-19(20)14-23-24-22(25)15-27-21-13-18(16(2)3)11-10-17(21)4/h6-11,13-14,16H,5,12,15H2,1-4H3,(H,24,25). The zero-order valence-electron chi connectivity index (χ0n) is 16.5. The molecule has 27 heavy (non-hydrogen) atoms. The molecule has 2 rings (SSSR count). The lowest BCUT2D eigenvalue weighted by Crippen LogP contribution is -2.24. The van der Waals surface area contributed by atoms with Gasteiger partial charge in [0, 0.05) is 5.56 Å². The van der Waals surface area contributed by atoms with E-state index in [0.29, 0.717) is 12.5 Å². The first-order chi connectivity index (χ1) is 13.0. The number of hydrogen-bond donors (Lipinski definition) is 1. The third-order valence-electron chi connectivity index (χ3n) is 4.01. The highest BCUT2D eigenvalue weighted by Crippen LogP contribution is 2.24. The predicted molar refractivity (Wildman–Crippen MR) is 109 cm³/mol. The van der Waals surface area contributed by atoms with Gasteiger partial charge < -0.3 is 9.47 Å². The SMILES string of the molecule is CCCOc1ccccc1C=NNC(=O)COc1cc(C(C)C)ccc1C. The number of nitrogens with one attached hydrogen (secondary N) is 1. The molecule has 0 aliphatic rings. The van der Waals surface area contributed by atoms with Crippen LogP contribution in [0.15, 0.2) is 47.6 Å². The molecular weight excluding hydrogens is 340 g/mol. The third-order valence-corrected chi connectivity index (χ3v) is 4.01. The lowest BCUT2D eigenvalue weighted by molar-refractivity contribution is -0.123. The number of carbonyl (C=O) groups is 1. The lowest BCUT2D eigenvalue weighted by atomic mass is 10.0. The van der Waals surface area contributed by atoms with Crippen LogP contribution in [0.4, 0.5) is 0 Å². The van der Waals surface area contributed by atoms with E-state index in [1.54, 1.807) is 6.21 Å². The molecule has 0 fully saturated rings. The van der Waals surface area contributed by atoms with Crippen LogP contribution in [0.25, 0.3) is 0 Å². The molecule has 144 valence electrons. The molecule has 0 radical (unpaired) electrons. The number of ether oxygens (including phenoxy) is 2. The second-order valence-electron chi connectivity index (χ2n) is 6.65. The van der Waals surface area contributed by atoms with Gasteiger partial charge in [-0.1, -0.05) is 45.0 Å². The average molecular weight is 368 g/mol. The molecule has 0 aliphatic carbocycles. The van der Waals surface area contributed by atoms with Gasteiger partial charge in [-0.2, -0.15) is 5.10 Å². The van der Waals surface area contributed by atoms with Crippen LogP contribution < -0.4 is 14.9 Å². The molecule has 2 aromatic rings. The van der Waals surface area contributed by atoms with E-state index in [-0.39, 0.29) is 12.5 Å². The van der Waals surface area contributed by atoms with Crippen LogP contribution in [0, 0.1) is 6.92 Å². The van der Waals surface area contributed by atoms with Crippen LogP contribution in [0.5, 0.6) is 11.5 Å². The Kier molecular flexibility index (Phi) is 7.86. The molecule has 0 unspecified atom stereocenters. The summed E-state index contributed by atoms with van der Waals surface area (Å²) in [6.45, 7) is 8.81. The summed E-state index contributed by atoms with van der Waals surface area (Å²) in [7, 11) is 0. The third kappa shape index (κ3) is 6.44. The number of amides is 1. The Hall–Kier alpha value is -2.82. The molecule has 0 aliphatic heterocycles. The van der Waals surface area contributed by atoms with Gasteiger partial charge in [-0.25, -0.2) is 5.43 Å². The molecule has 5 heteroatoms. The quantitative estimate of drug-likeness (QED) is 0.526. The summed E-state index contributed by atoms with van der Waals surface area (Å²) in [4.78, 5) is 12.0. The summed E-state index contributed by atoms with van der Waals surface area (Å²) in [5, 5.41) is 4.01. The number of carbonyl (C=O) groups excluding carboxylic acids is 1. The first-order valence-corrected chi connectivity index (χ1v) is 9.28. The van der Waals surface area contributed by atoms with Crippen LogP contribution in [0.1, 0.15) is 49.8 Å². The highest BCUT2D eigenvalue weighted by molar-refractivity contribution is 5.85. The fourth-order valence-corrected chi connectivity index (χ4v) is 2.41. The fourth-order valence-electron chi connectivity index (χ4n) is 2.41. The van der Waals surface area contributed by atoms with Gasteiger partial charge >= 0.3 is 0 Å². The Morgan fingerprint density at radius 2 is 1.93 bits per heavy atom. The van der Waals surface area contributed by atoms with E-state index in [1.165, 1.54) is 5.56 Å². The number of aryl methyl sites for hydroxylation is 1. The molecule has 5 nitrogen and oxygen atoms in total. The number of hydrogen-bond acceptors (Lipinski definition) is 4. The van der Waals surface area contributed by atoms with E-state index in [9.17, 15) is 4.79 Å². The number of para-hydroxylation sites is 1. The van der Waals surface area contributed by atoms with E-state index < -0.39 is 0 Å². The Morgan fingerprint density at radius 1 is 1.15 bits per heavy atom. The number of rotatable bonds is 9. The zero-order chi connectivity index (χ0) is 19.6. The normalized spacial score (nSPS) is 11.0. The van der Waals surface area contributed by atoms with E-state index >= 15 is 0 Å². The molecule has 0 heterocycles. The summed E-state index contributed by atoms with van der Waals surface area (Å²) >= 11 is 0. The van der Waals surface area contributed by atoms with Gasteiger partial charge in [0.05, 0.1) is 12.8 Å². The van der Waals surface area contributed by atoms with Crippen LogP contribution in [0.3, 0.4) is 0 Å². The minimum atomic E-state index is -0.312. The van der Waals surface area contributed by atoms with Crippen molar-refractivity contribution in [1.82, 2.24) is 5.43 Å². The van der Waals surface area contributed by atoms with Crippen LogP contribution >= 0.6 is 0 Å². The molecule has 0 saturated heterocycles. The van der Waals surface area contributed by atoms with Gasteiger partial charge in [0.2, 0.25) is 0 Å². The molecule has 2 aromatic carbocycles. The summed E-state index contributed by atoms with van der Waals surface area (Å²) in [5.74, 6) is 1.56. The van der Waals surface area contributed by atoms with Gasteiger partial charge in [-0.3, -0.25) is 4.79 Å². The zero-order valence-corrected chi connectivity index (χ0v) is 16.5. The molecule has 0 saturated carbocycles. The predicted octanol–water partition coefficient (Wildman–Crippen LogP) is 4.44. The van der Waals surface area contributed by atoms with Crippen molar-refractivity contribution in [2.24, 2.45) is 5.10 Å². The molecule has 0 spiro atoms. The average Bonchev–Trinajstić information content (AvgIpc) is 2.66. The van der Waals surface area contributed by atoms with Crippen molar-refractivity contribution in [3.05, 3.63) is 59.2 Å². The first-order valence-electron chi connectivity index (χ1n) is 9.28. The van der Waals surface area contributed by atoms with Crippen LogP contribution in [0.2, 0.25) is 0 Å². The van der Waals surface area contributed by atoms with Crippen molar-refractivity contribution in [3.63, 3.8) is 0 Å². The largest absolute Gasteiger partial charge is 0.493 e. The molecule has 0 atom stereocenters. The van der Waals surface area contributed by atoms with Crippen molar-refractivity contribution in [2.45, 2.75) is 40.0 Å². The lowest BCUT2D eigenvalue weighted by Gasteiger charge is -2.12. The second-order valence-corrected chi connectivity index (χ2v) is 6.65. The number of nitrogens with zero attached hydrogens (tertiary/aromatic N) is 1. The van der Waals surface area contributed by atoms with Crippen molar-refractivity contribution in [2.75, 3.05) is 13.2 Å². The van der Waals surface area contributed by atoms with Crippen LogP contribution in [-0.2, 0) is 4.79 Å². The minimum Gasteiger partial charge on any atom is -0.493 e. The second kappa shape index (κ2) is 10.4. The van der Waals surface area contributed by atoms with Crippen molar-refractivity contribution in [1.29, 1.82) is 0 Å². The Morgan fingerprint density at radius 3 is 2.67 bits per heavy atom. The minimum absolute atomic E-state index is 0.0896.